The predicted octanol–water partition coefficient (Wildman–Crippen LogP) is 3.22. The van der Waals surface area contributed by atoms with Crippen LogP contribution in [0.1, 0.15) is 39.5 Å². The minimum Gasteiger partial charge on any atom is -0.319 e. The minimum absolute atomic E-state index is 0.907. The van der Waals surface area contributed by atoms with Crippen molar-refractivity contribution in [1.29, 1.82) is 0 Å². The molecule has 1 atom stereocenters. The van der Waals surface area contributed by atoms with Crippen molar-refractivity contribution in [3.63, 3.8) is 0 Å². The average molecular weight is 171 g/mol. The first-order valence-corrected chi connectivity index (χ1v) is 4.99. The van der Waals surface area contributed by atoms with Gasteiger partial charge in [-0.1, -0.05) is 33.1 Å². The summed E-state index contributed by atoms with van der Waals surface area (Å²) in [5, 5.41) is 3.23. The van der Waals surface area contributed by atoms with Crippen molar-refractivity contribution in [3.05, 3.63) is 13.2 Å². The highest BCUT2D eigenvalue weighted by atomic mass is 14.8. The van der Waals surface area contributed by atoms with E-state index < -0.39 is 0 Å². The van der Waals surface area contributed by atoms with E-state index in [0.29, 0.717) is 0 Å². The van der Waals surface area contributed by atoms with Gasteiger partial charge in [0.05, 0.1) is 0 Å². The van der Waals surface area contributed by atoms with Crippen LogP contribution in [0.25, 0.3) is 0 Å². The van der Waals surface area contributed by atoms with Gasteiger partial charge in [-0.2, -0.15) is 0 Å². The summed E-state index contributed by atoms with van der Waals surface area (Å²) in [6.07, 6.45) is 5.44. The highest BCUT2D eigenvalue weighted by molar-refractivity contribution is 4.58. The molecule has 0 rings (SSSR count). The van der Waals surface area contributed by atoms with Crippen LogP contribution in [-0.2, 0) is 0 Å². The molecular weight excluding hydrogens is 146 g/mol. The van der Waals surface area contributed by atoms with Crippen molar-refractivity contribution in [2.75, 3.05) is 13.6 Å². The summed E-state index contributed by atoms with van der Waals surface area (Å²) in [7, 11) is 2.04. The highest BCUT2D eigenvalue weighted by Crippen LogP contribution is 2.10. The van der Waals surface area contributed by atoms with Crippen molar-refractivity contribution < 1.29 is 0 Å². The summed E-state index contributed by atoms with van der Waals surface area (Å²) in [5.41, 5.74) is 0. The first kappa shape index (κ1) is 14.2. The summed E-state index contributed by atoms with van der Waals surface area (Å²) in [5.74, 6) is 0.907. The molecule has 0 aliphatic rings. The molecule has 0 amide bonds. The van der Waals surface area contributed by atoms with Crippen molar-refractivity contribution in [2.45, 2.75) is 39.5 Å². The summed E-state index contributed by atoms with van der Waals surface area (Å²) in [4.78, 5) is 0. The lowest BCUT2D eigenvalue weighted by Gasteiger charge is -2.12. The van der Waals surface area contributed by atoms with Gasteiger partial charge in [0.25, 0.3) is 0 Å². The normalized spacial score (nSPS) is 11.6. The van der Waals surface area contributed by atoms with Gasteiger partial charge in [-0.25, -0.2) is 0 Å². The van der Waals surface area contributed by atoms with Crippen molar-refractivity contribution in [3.8, 4) is 0 Å². The fourth-order valence-electron chi connectivity index (χ4n) is 1.23. The Bertz CT molecular complexity index is 71.4. The van der Waals surface area contributed by atoms with Gasteiger partial charge in [-0.15, -0.1) is 13.2 Å². The Kier molecular flexibility index (Phi) is 15.8. The van der Waals surface area contributed by atoms with Crippen LogP contribution in [0, 0.1) is 5.92 Å². The number of nitrogens with one attached hydrogen (secondary N) is 1. The molecule has 0 spiro atoms. The van der Waals surface area contributed by atoms with Gasteiger partial charge in [-0.05, 0) is 25.9 Å². The lowest BCUT2D eigenvalue weighted by Crippen LogP contribution is -2.17. The van der Waals surface area contributed by atoms with E-state index in [-0.39, 0.29) is 0 Å². The van der Waals surface area contributed by atoms with Crippen LogP contribution in [0.5, 0.6) is 0 Å². The quantitative estimate of drug-likeness (QED) is 0.605. The third kappa shape index (κ3) is 9.70. The van der Waals surface area contributed by atoms with Crippen molar-refractivity contribution in [2.24, 2.45) is 5.92 Å². The first-order valence-electron chi connectivity index (χ1n) is 4.99. The van der Waals surface area contributed by atoms with Gasteiger partial charge in [-0.3, -0.25) is 0 Å². The topological polar surface area (TPSA) is 12.0 Å². The fourth-order valence-corrected chi connectivity index (χ4v) is 1.23. The molecule has 0 aliphatic carbocycles. The van der Waals surface area contributed by atoms with Gasteiger partial charge in [0.15, 0.2) is 0 Å². The molecule has 0 fully saturated rings. The maximum Gasteiger partial charge on any atom is -0.00236 e. The van der Waals surface area contributed by atoms with Gasteiger partial charge in [0, 0.05) is 0 Å². The molecule has 0 bridgehead atoms. The largest absolute Gasteiger partial charge is 0.319 e. The second-order valence-corrected chi connectivity index (χ2v) is 2.97. The summed E-state index contributed by atoms with van der Waals surface area (Å²) >= 11 is 0. The van der Waals surface area contributed by atoms with E-state index in [1.165, 1.54) is 32.2 Å². The number of rotatable bonds is 6. The average Bonchev–Trinajstić information content (AvgIpc) is 2.15. The Morgan fingerprint density at radius 1 is 1.25 bits per heavy atom. The molecule has 74 valence electrons. The zero-order chi connectivity index (χ0) is 9.82. The fraction of sp³-hybridized carbons (Fsp3) is 0.818. The molecule has 0 aromatic heterocycles. The molecule has 12 heavy (non-hydrogen) atoms. The van der Waals surface area contributed by atoms with Crippen molar-refractivity contribution in [1.82, 2.24) is 5.32 Å². The lowest BCUT2D eigenvalue weighted by atomic mass is 10.00. The van der Waals surface area contributed by atoms with E-state index in [2.05, 4.69) is 32.3 Å². The molecule has 0 aromatic carbocycles. The molecule has 1 nitrogen and oxygen atoms in total. The summed E-state index contributed by atoms with van der Waals surface area (Å²) in [6, 6.07) is 0. The predicted molar refractivity (Wildman–Crippen MR) is 58.5 cm³/mol. The van der Waals surface area contributed by atoms with E-state index in [1.807, 2.05) is 7.05 Å². The molecular formula is C11H25N. The van der Waals surface area contributed by atoms with Crippen LogP contribution in [0.3, 0.4) is 0 Å². The second-order valence-electron chi connectivity index (χ2n) is 2.97. The molecule has 0 radical (unpaired) electrons. The van der Waals surface area contributed by atoms with Crippen LogP contribution >= 0.6 is 0 Å². The van der Waals surface area contributed by atoms with Gasteiger partial charge >= 0.3 is 0 Å². The Balaban J connectivity index is 0. The summed E-state index contributed by atoms with van der Waals surface area (Å²) < 4.78 is 0. The van der Waals surface area contributed by atoms with E-state index in [4.69, 9.17) is 0 Å². The second kappa shape index (κ2) is 13.3. The highest BCUT2D eigenvalue weighted by Gasteiger charge is 2.02. The van der Waals surface area contributed by atoms with Gasteiger partial charge < -0.3 is 5.32 Å². The van der Waals surface area contributed by atoms with E-state index in [0.717, 1.165) is 5.92 Å². The molecule has 1 N–H and O–H groups in total. The molecule has 0 heterocycles. The van der Waals surface area contributed by atoms with E-state index >= 15 is 0 Å². The molecule has 0 aromatic rings. The zero-order valence-corrected chi connectivity index (χ0v) is 9.03. The summed E-state index contributed by atoms with van der Waals surface area (Å²) in [6.45, 7) is 11.7. The number of unbranched alkanes of at least 4 members (excludes halogenated alkanes) is 1. The minimum atomic E-state index is 0.907. The van der Waals surface area contributed by atoms with Gasteiger partial charge in [0.2, 0.25) is 0 Å². The SMILES string of the molecule is C=C.CCCCC(CC)CNC. The number of hydrogen-bond acceptors (Lipinski definition) is 1. The Labute approximate surface area is 78.3 Å². The van der Waals surface area contributed by atoms with Crippen LogP contribution in [0.2, 0.25) is 0 Å². The van der Waals surface area contributed by atoms with E-state index in [1.54, 1.807) is 0 Å². The van der Waals surface area contributed by atoms with Crippen LogP contribution in [-0.4, -0.2) is 13.6 Å². The maximum absolute atomic E-state index is 3.23. The first-order chi connectivity index (χ1) is 5.85. The molecule has 1 unspecified atom stereocenters. The van der Waals surface area contributed by atoms with Crippen LogP contribution in [0.15, 0.2) is 13.2 Å². The third-order valence-corrected chi connectivity index (χ3v) is 2.04. The van der Waals surface area contributed by atoms with Crippen molar-refractivity contribution >= 4 is 0 Å². The zero-order valence-electron chi connectivity index (χ0n) is 9.03. The van der Waals surface area contributed by atoms with Crippen LogP contribution in [0.4, 0.5) is 0 Å². The Morgan fingerprint density at radius 2 is 1.83 bits per heavy atom. The maximum atomic E-state index is 3.23. The molecule has 0 aliphatic heterocycles. The Morgan fingerprint density at radius 3 is 2.17 bits per heavy atom. The number of hydrogen-bond donors (Lipinski definition) is 1. The lowest BCUT2D eigenvalue weighted by molar-refractivity contribution is 0.434. The smallest absolute Gasteiger partial charge is 0.00236 e. The standard InChI is InChI=1S/C9H21N.C2H4/c1-4-6-7-9(5-2)8-10-3;1-2/h9-10H,4-8H2,1-3H3;1-2H2. The Hall–Kier alpha value is -0.300. The van der Waals surface area contributed by atoms with Crippen LogP contribution < -0.4 is 5.32 Å². The van der Waals surface area contributed by atoms with Gasteiger partial charge in [0.1, 0.15) is 0 Å². The van der Waals surface area contributed by atoms with E-state index in [9.17, 15) is 0 Å². The molecule has 0 saturated heterocycles. The third-order valence-electron chi connectivity index (χ3n) is 2.04. The molecule has 1 heteroatoms. The monoisotopic (exact) mass is 171 g/mol. The molecule has 0 saturated carbocycles.